The van der Waals surface area contributed by atoms with Crippen molar-refractivity contribution in [1.29, 1.82) is 0 Å². The summed E-state index contributed by atoms with van der Waals surface area (Å²) in [4.78, 5) is 12.1. The van der Waals surface area contributed by atoms with Crippen molar-refractivity contribution in [2.45, 2.75) is 51.1 Å². The maximum atomic E-state index is 12.1. The van der Waals surface area contributed by atoms with E-state index < -0.39 is 0 Å². The Bertz CT molecular complexity index is 643. The van der Waals surface area contributed by atoms with Gasteiger partial charge in [-0.15, -0.1) is 23.7 Å². The number of benzene rings is 1. The summed E-state index contributed by atoms with van der Waals surface area (Å²) < 4.78 is 1.34. The molecule has 3 nitrogen and oxygen atoms in total. The largest absolute Gasteiger partial charge is 0.352 e. The first-order chi connectivity index (χ1) is 10.7. The highest BCUT2D eigenvalue weighted by atomic mass is 35.5. The summed E-state index contributed by atoms with van der Waals surface area (Å²) in [5, 5.41) is 10.2. The molecule has 2 aromatic rings. The zero-order chi connectivity index (χ0) is 15.4. The summed E-state index contributed by atoms with van der Waals surface area (Å²) in [6, 6.07) is 9.18. The Morgan fingerprint density at radius 2 is 2.22 bits per heavy atom. The molecular weight excluding hydrogens is 328 g/mol. The number of carbonyl (C=O) groups is 1. The molecule has 1 saturated heterocycles. The Morgan fingerprint density at radius 1 is 1.39 bits per heavy atom. The number of fused-ring (bicyclic) bond motifs is 1. The van der Waals surface area contributed by atoms with E-state index in [1.54, 1.807) is 11.3 Å². The van der Waals surface area contributed by atoms with Crippen molar-refractivity contribution < 1.29 is 4.79 Å². The molecule has 0 spiro atoms. The maximum absolute atomic E-state index is 12.1. The van der Waals surface area contributed by atoms with Gasteiger partial charge in [0.25, 0.3) is 0 Å². The second-order valence-corrected chi connectivity index (χ2v) is 7.08. The molecule has 2 N–H and O–H groups in total. The van der Waals surface area contributed by atoms with Crippen molar-refractivity contribution in [2.75, 3.05) is 6.54 Å². The second kappa shape index (κ2) is 8.67. The number of hydrogen-bond donors (Lipinski definition) is 2. The molecule has 3 rings (SSSR count). The molecule has 126 valence electrons. The fourth-order valence-electron chi connectivity index (χ4n) is 3.19. The molecule has 2 heterocycles. The van der Waals surface area contributed by atoms with E-state index in [-0.39, 0.29) is 18.3 Å². The van der Waals surface area contributed by atoms with Crippen molar-refractivity contribution >= 4 is 39.7 Å². The van der Waals surface area contributed by atoms with Gasteiger partial charge in [-0.1, -0.05) is 18.2 Å². The van der Waals surface area contributed by atoms with Gasteiger partial charge in [-0.05, 0) is 61.5 Å². The lowest BCUT2D eigenvalue weighted by Gasteiger charge is -2.30. The minimum atomic E-state index is 0. The fourth-order valence-corrected chi connectivity index (χ4v) is 4.18. The molecule has 2 unspecified atom stereocenters. The molecule has 1 aromatic heterocycles. The van der Waals surface area contributed by atoms with Crippen LogP contribution in [-0.4, -0.2) is 24.5 Å². The molecule has 1 aromatic carbocycles. The number of thiophene rings is 1. The van der Waals surface area contributed by atoms with Crippen LogP contribution < -0.4 is 10.6 Å². The predicted octanol–water partition coefficient (Wildman–Crippen LogP) is 3.90. The summed E-state index contributed by atoms with van der Waals surface area (Å²) in [6.07, 6.45) is 4.76. The van der Waals surface area contributed by atoms with Gasteiger partial charge in [0.1, 0.15) is 0 Å². The van der Waals surface area contributed by atoms with Gasteiger partial charge >= 0.3 is 0 Å². The third-order valence-electron chi connectivity index (χ3n) is 4.52. The highest BCUT2D eigenvalue weighted by Crippen LogP contribution is 2.26. The van der Waals surface area contributed by atoms with Crippen LogP contribution in [0, 0.1) is 0 Å². The molecule has 0 bridgehead atoms. The van der Waals surface area contributed by atoms with Gasteiger partial charge in [0.05, 0.1) is 0 Å². The summed E-state index contributed by atoms with van der Waals surface area (Å²) in [5.41, 5.74) is 1.38. The molecule has 2 atom stereocenters. The van der Waals surface area contributed by atoms with Crippen LogP contribution in [0.5, 0.6) is 0 Å². The van der Waals surface area contributed by atoms with E-state index in [0.717, 1.165) is 32.2 Å². The maximum Gasteiger partial charge on any atom is 0.220 e. The van der Waals surface area contributed by atoms with E-state index in [1.807, 2.05) is 0 Å². The van der Waals surface area contributed by atoms with Crippen LogP contribution in [-0.2, 0) is 11.2 Å². The van der Waals surface area contributed by atoms with E-state index >= 15 is 0 Å². The Morgan fingerprint density at radius 3 is 3.04 bits per heavy atom. The minimum Gasteiger partial charge on any atom is -0.352 e. The normalized spacial score (nSPS) is 20.9. The number of nitrogens with one attached hydrogen (secondary N) is 2. The smallest absolute Gasteiger partial charge is 0.220 e. The van der Waals surface area contributed by atoms with Gasteiger partial charge in [0.2, 0.25) is 5.91 Å². The SMILES string of the molecule is CC1NCCCC1NC(=O)CCCc1csc2ccccc12.Cl. The van der Waals surface area contributed by atoms with Crippen LogP contribution in [0.25, 0.3) is 10.1 Å². The number of hydrogen-bond acceptors (Lipinski definition) is 3. The van der Waals surface area contributed by atoms with Crippen molar-refractivity contribution in [3.05, 3.63) is 35.2 Å². The van der Waals surface area contributed by atoms with Crippen LogP contribution >= 0.6 is 23.7 Å². The lowest BCUT2D eigenvalue weighted by Crippen LogP contribution is -2.51. The van der Waals surface area contributed by atoms with Gasteiger partial charge < -0.3 is 10.6 Å². The third-order valence-corrected chi connectivity index (χ3v) is 5.53. The Labute approximate surface area is 148 Å². The predicted molar refractivity (Wildman–Crippen MR) is 101 cm³/mol. The summed E-state index contributed by atoms with van der Waals surface area (Å²) >= 11 is 1.79. The first-order valence-electron chi connectivity index (χ1n) is 8.22. The Kier molecular flexibility index (Phi) is 6.88. The van der Waals surface area contributed by atoms with Crippen molar-refractivity contribution in [2.24, 2.45) is 0 Å². The number of amides is 1. The topological polar surface area (TPSA) is 41.1 Å². The van der Waals surface area contributed by atoms with Crippen molar-refractivity contribution in [3.63, 3.8) is 0 Å². The summed E-state index contributed by atoms with van der Waals surface area (Å²) in [6.45, 7) is 3.22. The molecule has 0 saturated carbocycles. The van der Waals surface area contributed by atoms with Crippen LogP contribution in [0.1, 0.15) is 38.2 Å². The lowest BCUT2D eigenvalue weighted by atomic mass is 9.99. The molecule has 1 fully saturated rings. The zero-order valence-electron chi connectivity index (χ0n) is 13.5. The van der Waals surface area contributed by atoms with Crippen LogP contribution in [0.3, 0.4) is 0 Å². The number of halogens is 1. The average molecular weight is 353 g/mol. The van der Waals surface area contributed by atoms with E-state index in [2.05, 4.69) is 47.2 Å². The molecule has 0 aliphatic carbocycles. The monoisotopic (exact) mass is 352 g/mol. The van der Waals surface area contributed by atoms with E-state index in [9.17, 15) is 4.79 Å². The lowest BCUT2D eigenvalue weighted by molar-refractivity contribution is -0.122. The Balaban J connectivity index is 0.00000192. The summed E-state index contributed by atoms with van der Waals surface area (Å²) in [5.74, 6) is 0.195. The van der Waals surface area contributed by atoms with Gasteiger partial charge in [0.15, 0.2) is 0 Å². The number of piperidine rings is 1. The van der Waals surface area contributed by atoms with Gasteiger partial charge in [-0.25, -0.2) is 0 Å². The highest BCUT2D eigenvalue weighted by Gasteiger charge is 2.21. The summed E-state index contributed by atoms with van der Waals surface area (Å²) in [7, 11) is 0. The van der Waals surface area contributed by atoms with Crippen LogP contribution in [0.15, 0.2) is 29.6 Å². The number of carbonyl (C=O) groups excluding carboxylic acids is 1. The fraction of sp³-hybridized carbons (Fsp3) is 0.500. The van der Waals surface area contributed by atoms with Crippen LogP contribution in [0.2, 0.25) is 0 Å². The first kappa shape index (κ1) is 18.2. The standard InChI is InChI=1S/C18H24N2OS.ClH/c1-13-16(8-5-11-19-13)20-18(21)10-4-6-14-12-22-17-9-3-2-7-15(14)17;/h2-3,7,9,12-13,16,19H,4-6,8,10-11H2,1H3,(H,20,21);1H. The molecular formula is C18H25ClN2OS. The van der Waals surface area contributed by atoms with E-state index in [1.165, 1.54) is 15.6 Å². The van der Waals surface area contributed by atoms with Gasteiger partial charge in [0, 0.05) is 23.2 Å². The second-order valence-electron chi connectivity index (χ2n) is 6.17. The Hall–Kier alpha value is -1.10. The highest BCUT2D eigenvalue weighted by molar-refractivity contribution is 7.17. The number of rotatable bonds is 5. The molecule has 1 aliphatic rings. The quantitative estimate of drug-likeness (QED) is 0.856. The van der Waals surface area contributed by atoms with Crippen molar-refractivity contribution in [3.8, 4) is 0 Å². The molecule has 1 aliphatic heterocycles. The van der Waals surface area contributed by atoms with Gasteiger partial charge in [-0.3, -0.25) is 4.79 Å². The van der Waals surface area contributed by atoms with E-state index in [4.69, 9.17) is 0 Å². The molecule has 1 amide bonds. The average Bonchev–Trinajstić information content (AvgIpc) is 2.93. The number of aryl methyl sites for hydroxylation is 1. The third kappa shape index (κ3) is 4.69. The van der Waals surface area contributed by atoms with Gasteiger partial charge in [-0.2, -0.15) is 0 Å². The molecule has 23 heavy (non-hydrogen) atoms. The molecule has 0 radical (unpaired) electrons. The first-order valence-corrected chi connectivity index (χ1v) is 9.10. The zero-order valence-corrected chi connectivity index (χ0v) is 15.1. The van der Waals surface area contributed by atoms with Crippen molar-refractivity contribution in [1.82, 2.24) is 10.6 Å². The molecule has 5 heteroatoms. The van der Waals surface area contributed by atoms with E-state index in [0.29, 0.717) is 18.5 Å². The minimum absolute atomic E-state index is 0. The van der Waals surface area contributed by atoms with Crippen LogP contribution in [0.4, 0.5) is 0 Å².